The maximum atomic E-state index is 9.50. The van der Waals surface area contributed by atoms with E-state index in [0.717, 1.165) is 6.29 Å². The molecule has 0 rings (SSSR count). The number of phosphoric acid groups is 1. The van der Waals surface area contributed by atoms with Crippen molar-refractivity contribution >= 4 is 14.1 Å². The zero-order valence-corrected chi connectivity index (χ0v) is 6.65. The Bertz CT molecular complexity index is 117. The van der Waals surface area contributed by atoms with Crippen LogP contribution in [0, 0.1) is 5.92 Å². The molecule has 0 amide bonds. The van der Waals surface area contributed by atoms with E-state index in [2.05, 4.69) is 0 Å². The summed E-state index contributed by atoms with van der Waals surface area (Å²) in [4.78, 5) is 31.1. The fourth-order valence-corrected chi connectivity index (χ4v) is 0. The summed E-state index contributed by atoms with van der Waals surface area (Å²) in [7, 11) is -4.64. The average molecular weight is 170 g/mol. The predicted molar refractivity (Wildman–Crippen MR) is 35.2 cm³/mol. The van der Waals surface area contributed by atoms with Crippen LogP contribution in [-0.2, 0) is 9.36 Å². The van der Waals surface area contributed by atoms with Gasteiger partial charge in [0.25, 0.3) is 0 Å². The van der Waals surface area contributed by atoms with Gasteiger partial charge >= 0.3 is 7.82 Å². The van der Waals surface area contributed by atoms with E-state index < -0.39 is 7.82 Å². The highest BCUT2D eigenvalue weighted by molar-refractivity contribution is 7.45. The van der Waals surface area contributed by atoms with Crippen molar-refractivity contribution < 1.29 is 24.0 Å². The van der Waals surface area contributed by atoms with Crippen molar-refractivity contribution in [1.29, 1.82) is 0 Å². The third kappa shape index (κ3) is 113. The highest BCUT2D eigenvalue weighted by atomic mass is 31.2. The van der Waals surface area contributed by atoms with Crippen molar-refractivity contribution in [3.8, 4) is 0 Å². The quantitative estimate of drug-likeness (QED) is 0.377. The smallest absolute Gasteiger partial charge is 0.303 e. The summed E-state index contributed by atoms with van der Waals surface area (Å²) in [5, 5.41) is 0. The van der Waals surface area contributed by atoms with Crippen LogP contribution in [0.15, 0.2) is 0 Å². The van der Waals surface area contributed by atoms with Crippen LogP contribution in [-0.4, -0.2) is 21.0 Å². The lowest BCUT2D eigenvalue weighted by Gasteiger charge is -1.82. The van der Waals surface area contributed by atoms with E-state index in [4.69, 9.17) is 19.2 Å². The molecule has 0 atom stereocenters. The van der Waals surface area contributed by atoms with Gasteiger partial charge in [-0.3, -0.25) is 0 Å². The number of carbonyl (C=O) groups excluding carboxylic acids is 1. The third-order valence-electron chi connectivity index (χ3n) is 0.272. The third-order valence-corrected chi connectivity index (χ3v) is 0.272. The molecule has 0 spiro atoms. The first-order valence-electron chi connectivity index (χ1n) is 2.51. The molecule has 0 heterocycles. The molecule has 0 aliphatic heterocycles. The first-order valence-corrected chi connectivity index (χ1v) is 4.07. The van der Waals surface area contributed by atoms with Crippen molar-refractivity contribution in [2.75, 3.05) is 0 Å². The van der Waals surface area contributed by atoms with E-state index in [1.54, 1.807) is 0 Å². The Hall–Kier alpha value is -0.220. The summed E-state index contributed by atoms with van der Waals surface area (Å²) in [5.74, 6) is 0.204. The minimum absolute atomic E-state index is 0.204. The summed E-state index contributed by atoms with van der Waals surface area (Å²) < 4.78 is 8.88. The molecule has 0 aliphatic rings. The van der Waals surface area contributed by atoms with Crippen LogP contribution < -0.4 is 0 Å². The van der Waals surface area contributed by atoms with Gasteiger partial charge in [-0.1, -0.05) is 13.8 Å². The molecule has 62 valence electrons. The summed E-state index contributed by atoms with van der Waals surface area (Å²) in [6.07, 6.45) is 0.917. The Morgan fingerprint density at radius 1 is 1.30 bits per heavy atom. The fourth-order valence-electron chi connectivity index (χ4n) is 0. The summed E-state index contributed by atoms with van der Waals surface area (Å²) >= 11 is 0. The molecule has 6 heteroatoms. The second-order valence-corrected chi connectivity index (χ2v) is 2.92. The first-order chi connectivity index (χ1) is 4.27. The SMILES string of the molecule is CC(C)C=O.O=P(O)(O)O. The molecule has 0 saturated heterocycles. The number of hydrogen-bond donors (Lipinski definition) is 3. The second kappa shape index (κ2) is 5.56. The van der Waals surface area contributed by atoms with Gasteiger partial charge in [-0.25, -0.2) is 4.57 Å². The zero-order valence-electron chi connectivity index (χ0n) is 5.76. The molecule has 0 unspecified atom stereocenters. The minimum Gasteiger partial charge on any atom is -0.303 e. The van der Waals surface area contributed by atoms with Gasteiger partial charge in [-0.05, 0) is 0 Å². The monoisotopic (exact) mass is 170 g/mol. The van der Waals surface area contributed by atoms with Crippen molar-refractivity contribution in [3.05, 3.63) is 0 Å². The lowest BCUT2D eigenvalue weighted by atomic mass is 10.3. The molecule has 0 aromatic rings. The van der Waals surface area contributed by atoms with Crippen LogP contribution in [0.25, 0.3) is 0 Å². The van der Waals surface area contributed by atoms with E-state index in [0.29, 0.717) is 0 Å². The van der Waals surface area contributed by atoms with Gasteiger partial charge in [0, 0.05) is 5.92 Å². The van der Waals surface area contributed by atoms with Gasteiger partial charge in [0.05, 0.1) is 0 Å². The van der Waals surface area contributed by atoms with Crippen LogP contribution in [0.1, 0.15) is 13.8 Å². The van der Waals surface area contributed by atoms with Crippen LogP contribution in [0.4, 0.5) is 0 Å². The van der Waals surface area contributed by atoms with Crippen LogP contribution >= 0.6 is 7.82 Å². The summed E-state index contributed by atoms with van der Waals surface area (Å²) in [5.41, 5.74) is 0. The lowest BCUT2D eigenvalue weighted by molar-refractivity contribution is -0.110. The maximum absolute atomic E-state index is 9.50. The molecule has 0 aliphatic carbocycles. The van der Waals surface area contributed by atoms with Crippen molar-refractivity contribution in [2.24, 2.45) is 5.92 Å². The highest BCUT2D eigenvalue weighted by Crippen LogP contribution is 2.25. The van der Waals surface area contributed by atoms with E-state index in [1.165, 1.54) is 0 Å². The minimum atomic E-state index is -4.64. The molecular formula is C4H11O5P. The molecule has 0 bridgehead atoms. The lowest BCUT2D eigenvalue weighted by Crippen LogP contribution is -1.82. The molecule has 0 fully saturated rings. The van der Waals surface area contributed by atoms with E-state index in [-0.39, 0.29) is 5.92 Å². The first kappa shape index (κ1) is 12.5. The van der Waals surface area contributed by atoms with Gasteiger partial charge in [-0.15, -0.1) is 0 Å². The maximum Gasteiger partial charge on any atom is 0.466 e. The zero-order chi connectivity index (χ0) is 8.78. The van der Waals surface area contributed by atoms with E-state index in [9.17, 15) is 4.79 Å². The predicted octanol–water partition coefficient (Wildman–Crippen LogP) is -0.0873. The van der Waals surface area contributed by atoms with Gasteiger partial charge in [0.1, 0.15) is 6.29 Å². The largest absolute Gasteiger partial charge is 0.466 e. The Balaban J connectivity index is 0. The molecule has 0 radical (unpaired) electrons. The Morgan fingerprint density at radius 2 is 1.40 bits per heavy atom. The van der Waals surface area contributed by atoms with Gasteiger partial charge in [-0.2, -0.15) is 0 Å². The fraction of sp³-hybridized carbons (Fsp3) is 0.750. The Morgan fingerprint density at radius 3 is 1.40 bits per heavy atom. The number of aldehydes is 1. The van der Waals surface area contributed by atoms with E-state index in [1.807, 2.05) is 13.8 Å². The van der Waals surface area contributed by atoms with Crippen molar-refractivity contribution in [3.63, 3.8) is 0 Å². The molecule has 5 nitrogen and oxygen atoms in total. The Kier molecular flexibility index (Phi) is 6.92. The standard InChI is InChI=1S/C4H8O.H3O4P/c1-4(2)3-5;1-5(2,3)4/h3-4H,1-2H3;(H3,1,2,3,4). The van der Waals surface area contributed by atoms with Crippen LogP contribution in [0.5, 0.6) is 0 Å². The molecular weight excluding hydrogens is 159 g/mol. The van der Waals surface area contributed by atoms with Crippen molar-refractivity contribution in [1.82, 2.24) is 0 Å². The Labute approximate surface area is 58.9 Å². The topological polar surface area (TPSA) is 94.8 Å². The summed E-state index contributed by atoms with van der Waals surface area (Å²) in [6.45, 7) is 3.71. The number of rotatable bonds is 1. The van der Waals surface area contributed by atoms with Crippen molar-refractivity contribution in [2.45, 2.75) is 13.8 Å². The van der Waals surface area contributed by atoms with Crippen LogP contribution in [0.2, 0.25) is 0 Å². The van der Waals surface area contributed by atoms with Gasteiger partial charge < -0.3 is 19.5 Å². The van der Waals surface area contributed by atoms with Gasteiger partial charge in [0.2, 0.25) is 0 Å². The molecule has 0 saturated carbocycles. The second-order valence-electron chi connectivity index (χ2n) is 1.89. The summed E-state index contributed by atoms with van der Waals surface area (Å²) in [6, 6.07) is 0. The highest BCUT2D eigenvalue weighted by Gasteiger charge is 2.00. The average Bonchev–Trinajstić information content (AvgIpc) is 1.61. The molecule has 3 N–H and O–H groups in total. The molecule has 0 aromatic heterocycles. The van der Waals surface area contributed by atoms with E-state index >= 15 is 0 Å². The molecule has 0 aromatic carbocycles. The number of hydrogen-bond acceptors (Lipinski definition) is 2. The normalized spacial score (nSPS) is 10.2. The number of carbonyl (C=O) groups is 1. The van der Waals surface area contributed by atoms with Crippen LogP contribution in [0.3, 0.4) is 0 Å². The van der Waals surface area contributed by atoms with Gasteiger partial charge in [0.15, 0.2) is 0 Å². The molecule has 10 heavy (non-hydrogen) atoms.